The van der Waals surface area contributed by atoms with Gasteiger partial charge in [0, 0.05) is 28.5 Å². The lowest BCUT2D eigenvalue weighted by atomic mass is 9.99. The van der Waals surface area contributed by atoms with Crippen LogP contribution in [0.3, 0.4) is 0 Å². The molecule has 0 unspecified atom stereocenters. The molecule has 11 heteroatoms. The number of benzene rings is 2. The smallest absolute Gasteiger partial charge is 0.251 e. The first kappa shape index (κ1) is 28.7. The fourth-order valence-corrected chi connectivity index (χ4v) is 7.72. The van der Waals surface area contributed by atoms with Crippen molar-refractivity contribution < 1.29 is 28.5 Å². The van der Waals surface area contributed by atoms with Crippen LogP contribution in [0.25, 0.3) is 26.8 Å². The first-order valence-electron chi connectivity index (χ1n) is 13.3. The quantitative estimate of drug-likeness (QED) is 0.311. The van der Waals surface area contributed by atoms with Crippen LogP contribution in [0.1, 0.15) is 31.1 Å². The number of aliphatic hydroxyl groups excluding tert-OH is 3. The van der Waals surface area contributed by atoms with Crippen LogP contribution in [-0.2, 0) is 14.8 Å². The molecule has 0 saturated carbocycles. The number of aliphatic hydroxyl groups is 3. The van der Waals surface area contributed by atoms with Gasteiger partial charge in [0.15, 0.2) is 4.91 Å². The Balaban J connectivity index is 1.36. The Labute approximate surface area is 238 Å². The Morgan fingerprint density at radius 3 is 2.52 bits per heavy atom. The van der Waals surface area contributed by atoms with Gasteiger partial charge in [-0.25, -0.2) is 13.1 Å². The summed E-state index contributed by atoms with van der Waals surface area (Å²) in [5, 5.41) is 41.7. The summed E-state index contributed by atoms with van der Waals surface area (Å²) in [7, 11) is -4.34. The van der Waals surface area contributed by atoms with E-state index >= 15 is 0 Å². The molecule has 40 heavy (non-hydrogen) atoms. The molecule has 0 aliphatic carbocycles. The number of nitrogens with one attached hydrogen (secondary N) is 1. The Morgan fingerprint density at radius 2 is 1.80 bits per heavy atom. The van der Waals surface area contributed by atoms with Gasteiger partial charge in [0.2, 0.25) is 0 Å². The average Bonchev–Trinajstić information content (AvgIpc) is 3.46. The van der Waals surface area contributed by atoms with Crippen molar-refractivity contribution in [1.29, 1.82) is 5.26 Å². The third kappa shape index (κ3) is 5.80. The standard InChI is InChI=1S/C29H33N3O6S2/c1-18(27(15-30)40(36,37)31-23-17-38-24(16-33)29(35)28(23)34)25-9-10-26(39-25)21-6-5-20-14-22(8-7-19(20)13-21)32-11-3-2-4-12-32/h5-10,13-14,23-24,28-29,31,33-35H,2-4,11-12,16-17H2,1H3/b27-18+/t23-,24+,28+,29+/m0/s1. The van der Waals surface area contributed by atoms with Gasteiger partial charge in [-0.05, 0) is 78.4 Å². The third-order valence-corrected chi connectivity index (χ3v) is 10.4. The van der Waals surface area contributed by atoms with Crippen LogP contribution in [0.5, 0.6) is 0 Å². The van der Waals surface area contributed by atoms with E-state index in [0.29, 0.717) is 4.88 Å². The van der Waals surface area contributed by atoms with Gasteiger partial charge < -0.3 is 25.0 Å². The second-order valence-corrected chi connectivity index (χ2v) is 13.0. The maximum Gasteiger partial charge on any atom is 0.251 e. The zero-order chi connectivity index (χ0) is 28.4. The van der Waals surface area contributed by atoms with E-state index in [1.54, 1.807) is 19.1 Å². The fourth-order valence-electron chi connectivity index (χ4n) is 5.29. The third-order valence-electron chi connectivity index (χ3n) is 7.64. The number of ether oxygens (including phenoxy) is 1. The molecule has 0 bridgehead atoms. The molecule has 2 aromatic carbocycles. The lowest BCUT2D eigenvalue weighted by molar-refractivity contribution is -0.158. The van der Waals surface area contributed by atoms with Crippen molar-refractivity contribution in [2.24, 2.45) is 0 Å². The Bertz CT molecular complexity index is 1560. The highest BCUT2D eigenvalue weighted by Crippen LogP contribution is 2.36. The van der Waals surface area contributed by atoms with Crippen LogP contribution in [0.4, 0.5) is 5.69 Å². The lowest BCUT2D eigenvalue weighted by Gasteiger charge is -2.36. The summed E-state index contributed by atoms with van der Waals surface area (Å²) in [6.07, 6.45) is -0.251. The van der Waals surface area contributed by atoms with E-state index in [1.807, 2.05) is 6.07 Å². The van der Waals surface area contributed by atoms with Crippen LogP contribution in [0.2, 0.25) is 0 Å². The van der Waals surface area contributed by atoms with Gasteiger partial charge in [-0.2, -0.15) is 5.26 Å². The number of nitrogens with zero attached hydrogens (tertiary/aromatic N) is 2. The van der Waals surface area contributed by atoms with Gasteiger partial charge in [0.1, 0.15) is 24.4 Å². The van der Waals surface area contributed by atoms with Crippen molar-refractivity contribution >= 4 is 43.4 Å². The molecule has 5 rings (SSSR count). The molecule has 0 radical (unpaired) electrons. The minimum atomic E-state index is -4.34. The van der Waals surface area contributed by atoms with E-state index in [2.05, 4.69) is 46.0 Å². The van der Waals surface area contributed by atoms with Crippen molar-refractivity contribution in [1.82, 2.24) is 4.72 Å². The summed E-state index contributed by atoms with van der Waals surface area (Å²) in [5.74, 6) is 0. The maximum absolute atomic E-state index is 13.1. The molecular weight excluding hydrogens is 550 g/mol. The zero-order valence-electron chi connectivity index (χ0n) is 22.2. The van der Waals surface area contributed by atoms with Crippen molar-refractivity contribution in [3.63, 3.8) is 0 Å². The van der Waals surface area contributed by atoms with Crippen LogP contribution in [0.15, 0.2) is 53.4 Å². The molecule has 3 aromatic rings. The van der Waals surface area contributed by atoms with Crippen LogP contribution < -0.4 is 9.62 Å². The van der Waals surface area contributed by atoms with Crippen molar-refractivity contribution in [2.45, 2.75) is 50.5 Å². The number of allylic oxidation sites excluding steroid dienone is 2. The van der Waals surface area contributed by atoms with E-state index in [-0.39, 0.29) is 12.2 Å². The summed E-state index contributed by atoms with van der Waals surface area (Å²) in [4.78, 5) is 3.52. The monoisotopic (exact) mass is 583 g/mol. The number of sulfonamides is 1. The molecule has 2 aliphatic heterocycles. The molecule has 4 N–H and O–H groups in total. The van der Waals surface area contributed by atoms with Gasteiger partial charge in [0.05, 0.1) is 19.3 Å². The van der Waals surface area contributed by atoms with Gasteiger partial charge in [-0.1, -0.05) is 18.2 Å². The number of hydrogen-bond donors (Lipinski definition) is 4. The molecule has 0 amide bonds. The van der Waals surface area contributed by atoms with Gasteiger partial charge in [-0.3, -0.25) is 0 Å². The van der Waals surface area contributed by atoms with E-state index in [1.165, 1.54) is 36.3 Å². The Kier molecular flexibility index (Phi) is 8.58. The first-order chi connectivity index (χ1) is 19.2. The SMILES string of the molecule is C/C(=C(/C#N)S(=O)(=O)N[C@H]1CO[C@H](CO)[C@@H](O)[C@@H]1O)c1ccc(-c2ccc3cc(N4CCCCC4)ccc3c2)s1. The van der Waals surface area contributed by atoms with Crippen LogP contribution in [-0.4, -0.2) is 74.4 Å². The highest BCUT2D eigenvalue weighted by atomic mass is 32.2. The predicted molar refractivity (Wildman–Crippen MR) is 156 cm³/mol. The van der Waals surface area contributed by atoms with Crippen LogP contribution >= 0.6 is 11.3 Å². The minimum Gasteiger partial charge on any atom is -0.394 e. The van der Waals surface area contributed by atoms with Gasteiger partial charge in [-0.15, -0.1) is 11.3 Å². The largest absolute Gasteiger partial charge is 0.394 e. The summed E-state index contributed by atoms with van der Waals surface area (Å²) in [6.45, 7) is 2.97. The summed E-state index contributed by atoms with van der Waals surface area (Å²) in [5.41, 5.74) is 2.52. The Hall–Kier alpha value is -2.82. The number of rotatable bonds is 7. The minimum absolute atomic E-state index is 0.259. The molecule has 1 aromatic heterocycles. The number of anilines is 1. The number of hydrogen-bond acceptors (Lipinski definition) is 9. The average molecular weight is 584 g/mol. The molecule has 2 aliphatic rings. The first-order valence-corrected chi connectivity index (χ1v) is 15.6. The molecule has 2 saturated heterocycles. The zero-order valence-corrected chi connectivity index (χ0v) is 23.8. The predicted octanol–water partition coefficient (Wildman–Crippen LogP) is 3.21. The Morgan fingerprint density at radius 1 is 1.07 bits per heavy atom. The molecule has 2 fully saturated rings. The van der Waals surface area contributed by atoms with E-state index < -0.39 is 45.9 Å². The molecule has 3 heterocycles. The van der Waals surface area contributed by atoms with Gasteiger partial charge in [0.25, 0.3) is 10.0 Å². The second-order valence-electron chi connectivity index (χ2n) is 10.3. The summed E-state index contributed by atoms with van der Waals surface area (Å²) >= 11 is 1.39. The molecular formula is C29H33N3O6S2. The van der Waals surface area contributed by atoms with E-state index in [0.717, 1.165) is 34.3 Å². The van der Waals surface area contributed by atoms with Crippen molar-refractivity contribution in [3.05, 3.63) is 58.3 Å². The normalized spacial score (nSPS) is 24.5. The molecule has 212 valence electrons. The number of fused-ring (bicyclic) bond motifs is 1. The van der Waals surface area contributed by atoms with E-state index in [9.17, 15) is 29.0 Å². The highest BCUT2D eigenvalue weighted by molar-refractivity contribution is 7.93. The maximum atomic E-state index is 13.1. The lowest BCUT2D eigenvalue weighted by Crippen LogP contribution is -2.59. The van der Waals surface area contributed by atoms with Crippen LogP contribution in [0, 0.1) is 11.3 Å². The van der Waals surface area contributed by atoms with Crippen molar-refractivity contribution in [2.75, 3.05) is 31.2 Å². The summed E-state index contributed by atoms with van der Waals surface area (Å²) < 4.78 is 33.8. The number of thiophene rings is 1. The number of nitriles is 1. The summed E-state index contributed by atoms with van der Waals surface area (Å²) in [6, 6.07) is 17.1. The molecule has 9 nitrogen and oxygen atoms in total. The highest BCUT2D eigenvalue weighted by Gasteiger charge is 2.40. The van der Waals surface area contributed by atoms with E-state index in [4.69, 9.17) is 4.74 Å². The second kappa shape index (κ2) is 12.0. The topological polar surface area (TPSA) is 143 Å². The fraction of sp³-hybridized carbons (Fsp3) is 0.414. The van der Waals surface area contributed by atoms with Crippen molar-refractivity contribution in [3.8, 4) is 16.5 Å². The molecule has 4 atom stereocenters. The molecule has 0 spiro atoms. The number of piperidine rings is 1. The van der Waals surface area contributed by atoms with Gasteiger partial charge >= 0.3 is 0 Å².